The highest BCUT2D eigenvalue weighted by atomic mass is 32.1. The van der Waals surface area contributed by atoms with E-state index in [0.29, 0.717) is 5.82 Å². The summed E-state index contributed by atoms with van der Waals surface area (Å²) in [6, 6.07) is 6.12. The number of aromatic nitrogens is 3. The van der Waals surface area contributed by atoms with Gasteiger partial charge in [0.25, 0.3) is 0 Å². The minimum Gasteiger partial charge on any atom is -0.370 e. The van der Waals surface area contributed by atoms with Crippen LogP contribution in [0.4, 0.5) is 5.82 Å². The third-order valence-electron chi connectivity index (χ3n) is 3.00. The van der Waals surface area contributed by atoms with Gasteiger partial charge in [-0.3, -0.25) is 4.98 Å². The van der Waals surface area contributed by atoms with Gasteiger partial charge in [-0.05, 0) is 44.5 Å². The van der Waals surface area contributed by atoms with Gasteiger partial charge >= 0.3 is 0 Å². The highest BCUT2D eigenvalue weighted by Gasteiger charge is 2.12. The fourth-order valence-electron chi connectivity index (χ4n) is 2.12. The Morgan fingerprint density at radius 1 is 1.20 bits per heavy atom. The zero-order valence-corrected chi connectivity index (χ0v) is 12.6. The van der Waals surface area contributed by atoms with Crippen LogP contribution < -0.4 is 5.32 Å². The van der Waals surface area contributed by atoms with Crippen molar-refractivity contribution in [3.8, 4) is 11.5 Å². The predicted octanol–water partition coefficient (Wildman–Crippen LogP) is 3.80. The molecule has 0 amide bonds. The van der Waals surface area contributed by atoms with Gasteiger partial charge in [-0.2, -0.15) is 0 Å². The summed E-state index contributed by atoms with van der Waals surface area (Å²) < 4.78 is 0. The van der Waals surface area contributed by atoms with E-state index in [9.17, 15) is 0 Å². The van der Waals surface area contributed by atoms with Crippen LogP contribution in [-0.4, -0.2) is 21.5 Å². The molecule has 0 bridgehead atoms. The molecule has 1 N–H and O–H groups in total. The van der Waals surface area contributed by atoms with Crippen LogP contribution in [0.25, 0.3) is 21.7 Å². The van der Waals surface area contributed by atoms with E-state index in [2.05, 4.69) is 40.2 Å². The summed E-state index contributed by atoms with van der Waals surface area (Å²) in [7, 11) is 0. The lowest BCUT2D eigenvalue weighted by molar-refractivity contribution is 1.13. The van der Waals surface area contributed by atoms with Crippen LogP contribution >= 0.6 is 11.3 Å². The molecule has 3 heterocycles. The highest BCUT2D eigenvalue weighted by Crippen LogP contribution is 2.30. The maximum Gasteiger partial charge on any atom is 0.181 e. The molecule has 0 saturated heterocycles. The summed E-state index contributed by atoms with van der Waals surface area (Å²) in [5, 5.41) is 4.41. The number of pyridine rings is 1. The molecule has 4 nitrogen and oxygen atoms in total. The van der Waals surface area contributed by atoms with Gasteiger partial charge in [0.2, 0.25) is 0 Å². The Bertz CT molecular complexity index is 764. The number of hydrogen-bond donors (Lipinski definition) is 1. The van der Waals surface area contributed by atoms with Gasteiger partial charge in [0, 0.05) is 17.6 Å². The van der Waals surface area contributed by atoms with Crippen LogP contribution in [0.1, 0.15) is 17.4 Å². The number of fused-ring (bicyclic) bond motifs is 1. The van der Waals surface area contributed by atoms with E-state index in [1.54, 1.807) is 17.5 Å². The topological polar surface area (TPSA) is 50.7 Å². The van der Waals surface area contributed by atoms with Crippen molar-refractivity contribution >= 4 is 27.4 Å². The molecule has 0 aromatic carbocycles. The third kappa shape index (κ3) is 2.36. The summed E-state index contributed by atoms with van der Waals surface area (Å²) >= 11 is 1.69. The summed E-state index contributed by atoms with van der Waals surface area (Å²) in [5.74, 6) is 1.57. The van der Waals surface area contributed by atoms with Gasteiger partial charge in [-0.1, -0.05) is 0 Å². The lowest BCUT2D eigenvalue weighted by atomic mass is 10.2. The van der Waals surface area contributed by atoms with Crippen molar-refractivity contribution in [2.24, 2.45) is 0 Å². The summed E-state index contributed by atoms with van der Waals surface area (Å²) in [6.45, 7) is 7.04. The van der Waals surface area contributed by atoms with E-state index < -0.39 is 0 Å². The fraction of sp³-hybridized carbons (Fsp3) is 0.267. The second-order valence-electron chi connectivity index (χ2n) is 4.72. The number of nitrogens with zero attached hydrogens (tertiary/aromatic N) is 3. The van der Waals surface area contributed by atoms with Crippen molar-refractivity contribution in [3.05, 3.63) is 34.8 Å². The molecule has 0 aliphatic carbocycles. The van der Waals surface area contributed by atoms with Gasteiger partial charge in [0.05, 0.1) is 5.39 Å². The van der Waals surface area contributed by atoms with E-state index in [1.165, 1.54) is 4.88 Å². The number of thiophene rings is 1. The molecule has 0 saturated carbocycles. The predicted molar refractivity (Wildman–Crippen MR) is 84.3 cm³/mol. The molecular formula is C15H16N4S. The Hall–Kier alpha value is -2.01. The first kappa shape index (κ1) is 13.0. The monoisotopic (exact) mass is 284 g/mol. The van der Waals surface area contributed by atoms with Gasteiger partial charge in [-0.15, -0.1) is 11.3 Å². The number of anilines is 1. The maximum absolute atomic E-state index is 4.66. The SMILES string of the molecule is CCNc1nc(-c2cc(C)ccn2)nc2sc(C)cc12. The van der Waals surface area contributed by atoms with Crippen molar-refractivity contribution < 1.29 is 0 Å². The minimum atomic E-state index is 0.680. The van der Waals surface area contributed by atoms with Gasteiger partial charge < -0.3 is 5.32 Å². The maximum atomic E-state index is 4.66. The molecule has 3 aromatic heterocycles. The largest absolute Gasteiger partial charge is 0.370 e. The lowest BCUT2D eigenvalue weighted by Gasteiger charge is -2.07. The standard InChI is InChI=1S/C15H16N4S/c1-4-16-13-11-8-10(3)20-15(11)19-14(18-13)12-7-9(2)5-6-17-12/h5-8H,4H2,1-3H3,(H,16,18,19). The highest BCUT2D eigenvalue weighted by molar-refractivity contribution is 7.18. The normalized spacial score (nSPS) is 10.9. The van der Waals surface area contributed by atoms with Crippen molar-refractivity contribution in [1.29, 1.82) is 0 Å². The zero-order valence-electron chi connectivity index (χ0n) is 11.8. The average Bonchev–Trinajstić information content (AvgIpc) is 2.79. The summed E-state index contributed by atoms with van der Waals surface area (Å²) in [4.78, 5) is 15.9. The van der Waals surface area contributed by atoms with Crippen molar-refractivity contribution in [2.45, 2.75) is 20.8 Å². The second kappa shape index (κ2) is 5.17. The number of hydrogen-bond acceptors (Lipinski definition) is 5. The van der Waals surface area contributed by atoms with Crippen LogP contribution in [0.15, 0.2) is 24.4 Å². The summed E-state index contributed by atoms with van der Waals surface area (Å²) in [6.07, 6.45) is 1.80. The molecule has 0 unspecified atom stereocenters. The van der Waals surface area contributed by atoms with E-state index in [-0.39, 0.29) is 0 Å². The van der Waals surface area contributed by atoms with Crippen LogP contribution in [0.5, 0.6) is 0 Å². The first-order valence-corrected chi connectivity index (χ1v) is 7.44. The number of aryl methyl sites for hydroxylation is 2. The molecule has 20 heavy (non-hydrogen) atoms. The molecule has 0 atom stereocenters. The molecule has 0 aliphatic rings. The van der Waals surface area contributed by atoms with Crippen molar-refractivity contribution in [2.75, 3.05) is 11.9 Å². The summed E-state index contributed by atoms with van der Waals surface area (Å²) in [5.41, 5.74) is 1.98. The Kier molecular flexibility index (Phi) is 3.36. The van der Waals surface area contributed by atoms with Gasteiger partial charge in [0.1, 0.15) is 16.3 Å². The Morgan fingerprint density at radius 2 is 2.05 bits per heavy atom. The van der Waals surface area contributed by atoms with Gasteiger partial charge in [0.15, 0.2) is 5.82 Å². The second-order valence-corrected chi connectivity index (χ2v) is 5.96. The minimum absolute atomic E-state index is 0.680. The van der Waals surface area contributed by atoms with Crippen LogP contribution in [0.2, 0.25) is 0 Å². The quantitative estimate of drug-likeness (QED) is 0.794. The fourth-order valence-corrected chi connectivity index (χ4v) is 3.00. The Morgan fingerprint density at radius 3 is 2.80 bits per heavy atom. The average molecular weight is 284 g/mol. The molecule has 102 valence electrons. The number of nitrogens with one attached hydrogen (secondary N) is 1. The lowest BCUT2D eigenvalue weighted by Crippen LogP contribution is -2.02. The number of rotatable bonds is 3. The zero-order chi connectivity index (χ0) is 14.1. The molecule has 5 heteroatoms. The van der Waals surface area contributed by atoms with Crippen molar-refractivity contribution in [1.82, 2.24) is 15.0 Å². The Labute approximate surface area is 121 Å². The van der Waals surface area contributed by atoms with Crippen LogP contribution in [-0.2, 0) is 0 Å². The van der Waals surface area contributed by atoms with Gasteiger partial charge in [-0.25, -0.2) is 9.97 Å². The van der Waals surface area contributed by atoms with Crippen LogP contribution in [0.3, 0.4) is 0 Å². The molecular weight excluding hydrogens is 268 g/mol. The third-order valence-corrected chi connectivity index (χ3v) is 3.95. The van der Waals surface area contributed by atoms with E-state index in [0.717, 1.165) is 33.8 Å². The first-order chi connectivity index (χ1) is 9.67. The van der Waals surface area contributed by atoms with Crippen LogP contribution in [0, 0.1) is 13.8 Å². The molecule has 3 aromatic rings. The van der Waals surface area contributed by atoms with E-state index in [4.69, 9.17) is 0 Å². The van der Waals surface area contributed by atoms with E-state index >= 15 is 0 Å². The molecule has 0 aliphatic heterocycles. The molecule has 0 radical (unpaired) electrons. The molecule has 3 rings (SSSR count). The van der Waals surface area contributed by atoms with Crippen molar-refractivity contribution in [3.63, 3.8) is 0 Å². The molecule has 0 spiro atoms. The molecule has 0 fully saturated rings. The Balaban J connectivity index is 2.21. The smallest absolute Gasteiger partial charge is 0.181 e. The van der Waals surface area contributed by atoms with E-state index in [1.807, 2.05) is 19.1 Å². The first-order valence-electron chi connectivity index (χ1n) is 6.62.